The first-order valence-electron chi connectivity index (χ1n) is 10.5. The molecule has 0 atom stereocenters. The SMILES string of the molecule is CCCN(CC(=O)Nc1cc(C(C)(C)C)nn1C(C)(C)C)C(=O)Nc1ccc(Br)cc1. The van der Waals surface area contributed by atoms with Crippen molar-refractivity contribution in [3.63, 3.8) is 0 Å². The van der Waals surface area contributed by atoms with E-state index in [1.807, 2.05) is 62.7 Å². The van der Waals surface area contributed by atoms with Gasteiger partial charge in [-0.1, -0.05) is 43.6 Å². The number of carbonyl (C=O) groups excluding carboxylic acids is 2. The summed E-state index contributed by atoms with van der Waals surface area (Å²) in [6.07, 6.45) is 0.745. The van der Waals surface area contributed by atoms with Crippen molar-refractivity contribution in [2.45, 2.75) is 65.8 Å². The number of halogens is 1. The molecule has 31 heavy (non-hydrogen) atoms. The summed E-state index contributed by atoms with van der Waals surface area (Å²) in [6, 6.07) is 8.93. The van der Waals surface area contributed by atoms with E-state index >= 15 is 0 Å². The van der Waals surface area contributed by atoms with Gasteiger partial charge in [0.1, 0.15) is 12.4 Å². The molecule has 1 heterocycles. The van der Waals surface area contributed by atoms with Gasteiger partial charge in [0, 0.05) is 28.2 Å². The van der Waals surface area contributed by atoms with Crippen LogP contribution in [-0.4, -0.2) is 39.7 Å². The Balaban J connectivity index is 2.15. The van der Waals surface area contributed by atoms with Crippen LogP contribution in [0.3, 0.4) is 0 Å². The number of nitrogens with zero attached hydrogens (tertiary/aromatic N) is 3. The van der Waals surface area contributed by atoms with Crippen molar-refractivity contribution in [1.29, 1.82) is 0 Å². The second kappa shape index (κ2) is 9.85. The van der Waals surface area contributed by atoms with Crippen LogP contribution in [0.15, 0.2) is 34.8 Å². The van der Waals surface area contributed by atoms with Crippen LogP contribution in [0.1, 0.15) is 60.6 Å². The van der Waals surface area contributed by atoms with Gasteiger partial charge in [0.25, 0.3) is 0 Å². The molecule has 3 amide bonds. The number of hydrogen-bond acceptors (Lipinski definition) is 3. The van der Waals surface area contributed by atoms with Gasteiger partial charge in [-0.25, -0.2) is 9.48 Å². The molecule has 0 spiro atoms. The Morgan fingerprint density at radius 2 is 1.68 bits per heavy atom. The van der Waals surface area contributed by atoms with Gasteiger partial charge in [-0.15, -0.1) is 0 Å². The fourth-order valence-corrected chi connectivity index (χ4v) is 3.23. The van der Waals surface area contributed by atoms with Crippen LogP contribution in [0.25, 0.3) is 0 Å². The van der Waals surface area contributed by atoms with E-state index in [2.05, 4.69) is 47.3 Å². The Kier molecular flexibility index (Phi) is 7.92. The van der Waals surface area contributed by atoms with Gasteiger partial charge < -0.3 is 15.5 Å². The van der Waals surface area contributed by atoms with Crippen molar-refractivity contribution in [2.75, 3.05) is 23.7 Å². The first kappa shape index (κ1) is 24.9. The Morgan fingerprint density at radius 1 is 1.06 bits per heavy atom. The van der Waals surface area contributed by atoms with Crippen molar-refractivity contribution in [2.24, 2.45) is 0 Å². The van der Waals surface area contributed by atoms with Crippen molar-refractivity contribution >= 4 is 39.4 Å². The number of hydrogen-bond donors (Lipinski definition) is 2. The van der Waals surface area contributed by atoms with Crippen LogP contribution in [0.2, 0.25) is 0 Å². The fraction of sp³-hybridized carbons (Fsp3) is 0.522. The average molecular weight is 492 g/mol. The minimum absolute atomic E-state index is 0.0453. The lowest BCUT2D eigenvalue weighted by molar-refractivity contribution is -0.116. The Hall–Kier alpha value is -2.35. The molecular formula is C23H34BrN5O2. The lowest BCUT2D eigenvalue weighted by Gasteiger charge is -2.24. The highest BCUT2D eigenvalue weighted by Crippen LogP contribution is 2.28. The smallest absolute Gasteiger partial charge is 0.315 e. The maximum absolute atomic E-state index is 12.9. The highest BCUT2D eigenvalue weighted by Gasteiger charge is 2.26. The Labute approximate surface area is 193 Å². The van der Waals surface area contributed by atoms with Gasteiger partial charge in [0.05, 0.1) is 11.2 Å². The van der Waals surface area contributed by atoms with Crippen LogP contribution in [0, 0.1) is 0 Å². The average Bonchev–Trinajstić information content (AvgIpc) is 3.07. The second-order valence-electron chi connectivity index (χ2n) is 9.65. The molecule has 0 bridgehead atoms. The second-order valence-corrected chi connectivity index (χ2v) is 10.6. The van der Waals surface area contributed by atoms with Crippen LogP contribution in [0.4, 0.5) is 16.3 Å². The molecule has 0 aliphatic carbocycles. The van der Waals surface area contributed by atoms with E-state index in [-0.39, 0.29) is 29.4 Å². The van der Waals surface area contributed by atoms with Gasteiger partial charge >= 0.3 is 6.03 Å². The maximum atomic E-state index is 12.9. The number of urea groups is 1. The number of carbonyl (C=O) groups is 2. The number of anilines is 2. The first-order valence-corrected chi connectivity index (χ1v) is 11.3. The van der Waals surface area contributed by atoms with E-state index in [0.717, 1.165) is 16.6 Å². The zero-order chi connectivity index (χ0) is 23.4. The van der Waals surface area contributed by atoms with Crippen LogP contribution < -0.4 is 10.6 Å². The third-order valence-electron chi connectivity index (χ3n) is 4.59. The predicted molar refractivity (Wildman–Crippen MR) is 130 cm³/mol. The van der Waals surface area contributed by atoms with E-state index in [4.69, 9.17) is 5.10 Å². The molecule has 1 aromatic heterocycles. The molecular weight excluding hydrogens is 458 g/mol. The number of amides is 3. The van der Waals surface area contributed by atoms with E-state index in [1.54, 1.807) is 0 Å². The molecule has 2 aromatic rings. The van der Waals surface area contributed by atoms with E-state index in [0.29, 0.717) is 18.1 Å². The van der Waals surface area contributed by atoms with Gasteiger partial charge in [-0.2, -0.15) is 5.10 Å². The third kappa shape index (κ3) is 7.09. The molecule has 0 unspecified atom stereocenters. The van der Waals surface area contributed by atoms with E-state index < -0.39 is 0 Å². The lowest BCUT2D eigenvalue weighted by Crippen LogP contribution is -2.41. The quantitative estimate of drug-likeness (QED) is 0.553. The Morgan fingerprint density at radius 3 is 2.19 bits per heavy atom. The zero-order valence-corrected chi connectivity index (χ0v) is 21.1. The minimum Gasteiger partial charge on any atom is -0.315 e. The fourth-order valence-electron chi connectivity index (χ4n) is 2.96. The molecule has 7 nitrogen and oxygen atoms in total. The molecule has 0 radical (unpaired) electrons. The van der Waals surface area contributed by atoms with Crippen molar-refractivity contribution in [1.82, 2.24) is 14.7 Å². The summed E-state index contributed by atoms with van der Waals surface area (Å²) in [5, 5.41) is 10.5. The lowest BCUT2D eigenvalue weighted by atomic mass is 9.92. The van der Waals surface area contributed by atoms with Gasteiger partial charge in [-0.3, -0.25) is 4.79 Å². The molecule has 0 aliphatic heterocycles. The van der Waals surface area contributed by atoms with Gasteiger partial charge in [-0.05, 0) is 51.5 Å². The summed E-state index contributed by atoms with van der Waals surface area (Å²) in [5.74, 6) is 0.373. The molecule has 2 N–H and O–H groups in total. The van der Waals surface area contributed by atoms with Gasteiger partial charge in [0.2, 0.25) is 5.91 Å². The van der Waals surface area contributed by atoms with E-state index in [9.17, 15) is 9.59 Å². The molecule has 2 rings (SSSR count). The molecule has 8 heteroatoms. The summed E-state index contributed by atoms with van der Waals surface area (Å²) >= 11 is 3.38. The summed E-state index contributed by atoms with van der Waals surface area (Å²) in [4.78, 5) is 27.1. The van der Waals surface area contributed by atoms with Crippen molar-refractivity contribution in [3.8, 4) is 0 Å². The number of rotatable bonds is 6. The summed E-state index contributed by atoms with van der Waals surface area (Å²) in [5.41, 5.74) is 1.13. The van der Waals surface area contributed by atoms with Crippen LogP contribution >= 0.6 is 15.9 Å². The molecule has 0 aliphatic rings. The van der Waals surface area contributed by atoms with Gasteiger partial charge in [0.15, 0.2) is 0 Å². The highest BCUT2D eigenvalue weighted by atomic mass is 79.9. The normalized spacial score (nSPS) is 11.9. The standard InChI is InChI=1S/C23H34BrN5O2/c1-8-13-28(21(31)25-17-11-9-16(24)10-12-17)15-20(30)26-19-14-18(22(2,3)4)27-29(19)23(5,6)7/h9-12,14H,8,13,15H2,1-7H3,(H,25,31)(H,26,30). The molecule has 1 aromatic carbocycles. The van der Waals surface area contributed by atoms with E-state index in [1.165, 1.54) is 4.90 Å². The maximum Gasteiger partial charge on any atom is 0.322 e. The van der Waals surface area contributed by atoms with Crippen LogP contribution in [-0.2, 0) is 15.7 Å². The minimum atomic E-state index is -0.306. The van der Waals surface area contributed by atoms with Crippen LogP contribution in [0.5, 0.6) is 0 Å². The predicted octanol–water partition coefficient (Wildman–Crippen LogP) is 5.58. The molecule has 0 fully saturated rings. The zero-order valence-electron chi connectivity index (χ0n) is 19.5. The molecule has 170 valence electrons. The first-order chi connectivity index (χ1) is 14.3. The molecule has 0 saturated carbocycles. The third-order valence-corrected chi connectivity index (χ3v) is 5.12. The highest BCUT2D eigenvalue weighted by molar-refractivity contribution is 9.10. The molecule has 0 saturated heterocycles. The summed E-state index contributed by atoms with van der Waals surface area (Å²) < 4.78 is 2.76. The summed E-state index contributed by atoms with van der Waals surface area (Å²) in [7, 11) is 0. The van der Waals surface area contributed by atoms with Crippen molar-refractivity contribution in [3.05, 3.63) is 40.5 Å². The number of aromatic nitrogens is 2. The topological polar surface area (TPSA) is 79.3 Å². The Bertz CT molecular complexity index is 908. The monoisotopic (exact) mass is 491 g/mol. The van der Waals surface area contributed by atoms with Crippen molar-refractivity contribution < 1.29 is 9.59 Å². The number of nitrogens with one attached hydrogen (secondary N) is 2. The number of benzene rings is 1. The largest absolute Gasteiger partial charge is 0.322 e. The summed E-state index contributed by atoms with van der Waals surface area (Å²) in [6.45, 7) is 14.8.